The predicted octanol–water partition coefficient (Wildman–Crippen LogP) is 2.50. The summed E-state index contributed by atoms with van der Waals surface area (Å²) in [6, 6.07) is 3.70. The molecule has 1 aliphatic rings. The van der Waals surface area contributed by atoms with Crippen LogP contribution >= 0.6 is 11.8 Å². The van der Waals surface area contributed by atoms with Gasteiger partial charge in [0.2, 0.25) is 0 Å². The Bertz CT molecular complexity index is 829. The maximum absolute atomic E-state index is 14.2. The van der Waals surface area contributed by atoms with Crippen molar-refractivity contribution in [1.82, 2.24) is 4.98 Å². The van der Waals surface area contributed by atoms with Crippen molar-refractivity contribution < 1.29 is 9.18 Å². The third-order valence-electron chi connectivity index (χ3n) is 4.57. The van der Waals surface area contributed by atoms with Gasteiger partial charge in [0.15, 0.2) is 0 Å². The van der Waals surface area contributed by atoms with E-state index in [-0.39, 0.29) is 23.5 Å². The van der Waals surface area contributed by atoms with Gasteiger partial charge in [-0.05, 0) is 25.3 Å². The molecule has 0 saturated carbocycles. The number of ketones is 1. The van der Waals surface area contributed by atoms with Gasteiger partial charge in [-0.25, -0.2) is 9.37 Å². The number of nitriles is 2. The minimum atomic E-state index is -1.22. The zero-order valence-corrected chi connectivity index (χ0v) is 16.2. The monoisotopic (exact) mass is 387 g/mol. The summed E-state index contributed by atoms with van der Waals surface area (Å²) in [5, 5.41) is 19.1. The second-order valence-electron chi connectivity index (χ2n) is 6.35. The predicted molar refractivity (Wildman–Crippen MR) is 103 cm³/mol. The number of carbonyl (C=O) groups excluding carboxylic acids is 1. The summed E-state index contributed by atoms with van der Waals surface area (Å²) in [6.07, 6.45) is 1.17. The Morgan fingerprint density at radius 3 is 2.67 bits per heavy atom. The number of nitrogens with two attached hydrogens (primary N) is 1. The van der Waals surface area contributed by atoms with E-state index in [0.29, 0.717) is 35.8 Å². The van der Waals surface area contributed by atoms with Crippen LogP contribution < -0.4 is 10.6 Å². The molecule has 6 nitrogen and oxygen atoms in total. The second kappa shape index (κ2) is 8.98. The molecule has 0 aromatic carbocycles. The molecule has 0 aliphatic carbocycles. The van der Waals surface area contributed by atoms with E-state index in [1.54, 1.807) is 4.90 Å². The normalized spacial score (nSPS) is 20.4. The fourth-order valence-corrected chi connectivity index (χ4v) is 3.96. The lowest BCUT2D eigenvalue weighted by Crippen LogP contribution is -2.49. The van der Waals surface area contributed by atoms with Crippen LogP contribution in [0.15, 0.2) is 17.7 Å². The van der Waals surface area contributed by atoms with Crippen molar-refractivity contribution in [3.63, 3.8) is 0 Å². The number of hydrogen-bond acceptors (Lipinski definition) is 7. The van der Waals surface area contributed by atoms with Crippen molar-refractivity contribution in [2.45, 2.75) is 49.2 Å². The van der Waals surface area contributed by atoms with Crippen molar-refractivity contribution >= 4 is 23.4 Å². The molecule has 1 aliphatic heterocycles. The van der Waals surface area contributed by atoms with Crippen molar-refractivity contribution in [1.29, 1.82) is 10.5 Å². The Kier molecular flexibility index (Phi) is 6.95. The van der Waals surface area contributed by atoms with Gasteiger partial charge in [0.05, 0.1) is 22.9 Å². The van der Waals surface area contributed by atoms with E-state index < -0.39 is 17.5 Å². The number of piperidine rings is 1. The highest BCUT2D eigenvalue weighted by atomic mass is 32.2. The summed E-state index contributed by atoms with van der Waals surface area (Å²) in [5.41, 5.74) is 6.87. The van der Waals surface area contributed by atoms with Gasteiger partial charge in [-0.2, -0.15) is 10.5 Å². The molecular formula is C19H22FN5OS. The van der Waals surface area contributed by atoms with Crippen molar-refractivity contribution in [2.75, 3.05) is 18.0 Å². The number of halogens is 1. The quantitative estimate of drug-likeness (QED) is 0.590. The molecule has 1 aromatic rings. The second-order valence-corrected chi connectivity index (χ2v) is 7.48. The Morgan fingerprint density at radius 2 is 2.19 bits per heavy atom. The van der Waals surface area contributed by atoms with Crippen LogP contribution in [0.4, 0.5) is 10.2 Å². The Labute approximate surface area is 162 Å². The van der Waals surface area contributed by atoms with Gasteiger partial charge < -0.3 is 10.6 Å². The van der Waals surface area contributed by atoms with E-state index >= 15 is 0 Å². The number of hydrogen-bond donors (Lipinski definition) is 1. The molecule has 2 heterocycles. The summed E-state index contributed by atoms with van der Waals surface area (Å²) >= 11 is 1.12. The number of nitrogens with zero attached hydrogens (tertiary/aromatic N) is 4. The highest BCUT2D eigenvalue weighted by Gasteiger charge is 2.31. The number of pyridine rings is 1. The fraction of sp³-hybridized carbons (Fsp3) is 0.474. The number of rotatable bonds is 6. The molecule has 1 unspecified atom stereocenters. The zero-order chi connectivity index (χ0) is 20.1. The maximum Gasteiger partial charge on any atom is 0.148 e. The van der Waals surface area contributed by atoms with Crippen LogP contribution in [0.2, 0.25) is 0 Å². The summed E-state index contributed by atoms with van der Waals surface area (Å²) in [6.45, 7) is 7.46. The number of anilines is 1. The summed E-state index contributed by atoms with van der Waals surface area (Å²) < 4.78 is 14.2. The van der Waals surface area contributed by atoms with E-state index in [4.69, 9.17) is 5.73 Å². The molecule has 8 heteroatoms. The number of thioether (sulfide) groups is 1. The van der Waals surface area contributed by atoms with E-state index in [2.05, 4.69) is 23.7 Å². The zero-order valence-electron chi connectivity index (χ0n) is 15.4. The van der Waals surface area contributed by atoms with Crippen LogP contribution in [-0.4, -0.2) is 41.3 Å². The molecule has 0 radical (unpaired) electrons. The first kappa shape index (κ1) is 20.9. The number of carbonyl (C=O) groups is 1. The number of alkyl halides is 1. The van der Waals surface area contributed by atoms with Gasteiger partial charge in [-0.1, -0.05) is 24.8 Å². The molecule has 2 N–H and O–H groups in total. The third kappa shape index (κ3) is 4.29. The van der Waals surface area contributed by atoms with Crippen LogP contribution in [0.5, 0.6) is 0 Å². The van der Waals surface area contributed by atoms with Gasteiger partial charge >= 0.3 is 0 Å². The van der Waals surface area contributed by atoms with Gasteiger partial charge in [0.1, 0.15) is 34.9 Å². The molecule has 0 spiro atoms. The number of Topliss-reactive ketones (excluding diaryl/α,β-unsaturated/α-hetero) is 1. The molecule has 0 bridgehead atoms. The maximum atomic E-state index is 14.2. The lowest BCUT2D eigenvalue weighted by atomic mass is 9.99. The smallest absolute Gasteiger partial charge is 0.148 e. The first-order chi connectivity index (χ1) is 12.9. The van der Waals surface area contributed by atoms with E-state index in [1.165, 1.54) is 13.0 Å². The average Bonchev–Trinajstić information content (AvgIpc) is 2.66. The van der Waals surface area contributed by atoms with Crippen LogP contribution in [0.25, 0.3) is 0 Å². The van der Waals surface area contributed by atoms with Crippen LogP contribution in [0, 0.1) is 22.7 Å². The first-order valence-electron chi connectivity index (χ1n) is 8.69. The molecule has 1 aromatic heterocycles. The van der Waals surface area contributed by atoms with Crippen LogP contribution in [-0.2, 0) is 11.2 Å². The Morgan fingerprint density at radius 1 is 1.52 bits per heavy atom. The summed E-state index contributed by atoms with van der Waals surface area (Å²) in [7, 11) is 0. The highest BCUT2D eigenvalue weighted by molar-refractivity contribution is 8.00. The minimum absolute atomic E-state index is 0.0413. The fourth-order valence-electron chi connectivity index (χ4n) is 3.03. The lowest BCUT2D eigenvalue weighted by Gasteiger charge is -2.34. The van der Waals surface area contributed by atoms with Gasteiger partial charge in [0.25, 0.3) is 0 Å². The van der Waals surface area contributed by atoms with Crippen LogP contribution in [0.3, 0.4) is 0 Å². The standard InChI is InChI=1S/C19H22FN5OS/c1-4-12-13(8-21)18(25-7-6-16(23)15(20)10-25)24-19(14(12)9-22)27-17(5-2)11(3)26/h5,15-17H,2,4,6-7,10,23H2,1,3H3/t15?,16-,17+/m0/s1. The SMILES string of the molecule is C=C[C@@H](Sc1nc(N2CC[C@H](N)C(F)C2)c(C#N)c(CC)c1C#N)C(C)=O. The minimum Gasteiger partial charge on any atom is -0.352 e. The van der Waals surface area contributed by atoms with E-state index in [9.17, 15) is 19.7 Å². The van der Waals surface area contributed by atoms with Crippen molar-refractivity contribution in [3.05, 3.63) is 29.3 Å². The molecule has 1 fully saturated rings. The van der Waals surface area contributed by atoms with Gasteiger partial charge in [-0.3, -0.25) is 4.79 Å². The average molecular weight is 387 g/mol. The van der Waals surface area contributed by atoms with Gasteiger partial charge in [-0.15, -0.1) is 6.58 Å². The third-order valence-corrected chi connectivity index (χ3v) is 5.87. The molecule has 3 atom stereocenters. The van der Waals surface area contributed by atoms with E-state index in [1.807, 2.05) is 6.92 Å². The van der Waals surface area contributed by atoms with Crippen molar-refractivity contribution in [2.24, 2.45) is 5.73 Å². The highest BCUT2D eigenvalue weighted by Crippen LogP contribution is 2.35. The number of aromatic nitrogens is 1. The molecule has 27 heavy (non-hydrogen) atoms. The Hall–Kier alpha value is -2.42. The lowest BCUT2D eigenvalue weighted by molar-refractivity contribution is -0.115. The topological polar surface area (TPSA) is 107 Å². The van der Waals surface area contributed by atoms with Crippen LogP contribution in [0.1, 0.15) is 37.0 Å². The molecule has 1 saturated heterocycles. The first-order valence-corrected chi connectivity index (χ1v) is 9.57. The molecule has 142 valence electrons. The Balaban J connectivity index is 2.61. The van der Waals surface area contributed by atoms with Gasteiger partial charge in [0, 0.05) is 12.6 Å². The molecule has 0 amide bonds. The largest absolute Gasteiger partial charge is 0.352 e. The summed E-state index contributed by atoms with van der Waals surface area (Å²) in [5.74, 6) is 0.231. The van der Waals surface area contributed by atoms with Crippen molar-refractivity contribution in [3.8, 4) is 12.1 Å². The summed E-state index contributed by atoms with van der Waals surface area (Å²) in [4.78, 5) is 18.0. The van der Waals surface area contributed by atoms with E-state index in [0.717, 1.165) is 11.8 Å². The molecular weight excluding hydrogens is 365 g/mol. The molecule has 2 rings (SSSR count).